The number of carbonyl (C=O) groups is 1. The van der Waals surface area contributed by atoms with Gasteiger partial charge in [0, 0.05) is 20.7 Å². The fourth-order valence-electron chi connectivity index (χ4n) is 1.22. The largest absolute Gasteiger partial charge is 0.350 e. The highest BCUT2D eigenvalue weighted by molar-refractivity contribution is 14.1. The first-order valence-corrected chi connectivity index (χ1v) is 7.10. The van der Waals surface area contributed by atoms with Crippen molar-refractivity contribution in [3.8, 4) is 0 Å². The number of likely N-dealkylation sites (N-methyl/N-ethyl adjacent to an activating group) is 1. The van der Waals surface area contributed by atoms with Crippen molar-refractivity contribution in [2.24, 2.45) is 0 Å². The van der Waals surface area contributed by atoms with Crippen LogP contribution in [0.5, 0.6) is 0 Å². The zero-order valence-corrected chi connectivity index (χ0v) is 14.0. The third-order valence-corrected chi connectivity index (χ3v) is 4.24. The number of carbonyl (C=O) groups excluding carboxylic acids is 1. The molecule has 0 bridgehead atoms. The van der Waals surface area contributed by atoms with E-state index in [4.69, 9.17) is 11.6 Å². The predicted molar refractivity (Wildman–Crippen MR) is 84.3 cm³/mol. The second-order valence-electron chi connectivity index (χ2n) is 5.01. The summed E-state index contributed by atoms with van der Waals surface area (Å²) in [5.41, 5.74) is 0.539. The number of halogens is 2. The highest BCUT2D eigenvalue weighted by Crippen LogP contribution is 2.18. The number of rotatable bonds is 4. The Morgan fingerprint density at radius 1 is 1.44 bits per heavy atom. The van der Waals surface area contributed by atoms with Gasteiger partial charge in [-0.15, -0.1) is 0 Å². The van der Waals surface area contributed by atoms with Crippen LogP contribution in [0.3, 0.4) is 0 Å². The van der Waals surface area contributed by atoms with Crippen molar-refractivity contribution in [3.05, 3.63) is 32.4 Å². The van der Waals surface area contributed by atoms with Gasteiger partial charge in [0.1, 0.15) is 0 Å². The average Bonchev–Trinajstić information content (AvgIpc) is 2.29. The SMILES string of the molecule is CN(C)C(C)(C)CNC(=O)c1cc(Cl)ccc1I. The van der Waals surface area contributed by atoms with Crippen LogP contribution >= 0.6 is 34.2 Å². The Bertz CT molecular complexity index is 447. The molecule has 0 aliphatic rings. The smallest absolute Gasteiger partial charge is 0.252 e. The minimum Gasteiger partial charge on any atom is -0.350 e. The molecule has 1 aromatic carbocycles. The third kappa shape index (κ3) is 4.10. The fourth-order valence-corrected chi connectivity index (χ4v) is 1.97. The molecule has 0 saturated carbocycles. The van der Waals surface area contributed by atoms with Crippen molar-refractivity contribution in [1.82, 2.24) is 10.2 Å². The molecule has 0 radical (unpaired) electrons. The van der Waals surface area contributed by atoms with Crippen molar-refractivity contribution in [2.75, 3.05) is 20.6 Å². The van der Waals surface area contributed by atoms with Crippen LogP contribution in [0.15, 0.2) is 18.2 Å². The first kappa shape index (κ1) is 15.7. The van der Waals surface area contributed by atoms with Crippen LogP contribution in [0.1, 0.15) is 24.2 Å². The molecule has 0 atom stereocenters. The van der Waals surface area contributed by atoms with Gasteiger partial charge in [0.05, 0.1) is 5.56 Å². The molecule has 0 unspecified atom stereocenters. The van der Waals surface area contributed by atoms with Gasteiger partial charge in [-0.3, -0.25) is 4.79 Å². The molecule has 1 aromatic rings. The van der Waals surface area contributed by atoms with Crippen LogP contribution in [-0.2, 0) is 0 Å². The Kier molecular flexibility index (Phi) is 5.43. The van der Waals surface area contributed by atoms with Crippen molar-refractivity contribution >= 4 is 40.1 Å². The van der Waals surface area contributed by atoms with E-state index in [0.29, 0.717) is 17.1 Å². The van der Waals surface area contributed by atoms with Crippen LogP contribution in [0.25, 0.3) is 0 Å². The van der Waals surface area contributed by atoms with E-state index in [1.807, 2.05) is 20.2 Å². The van der Waals surface area contributed by atoms with E-state index in [0.717, 1.165) is 3.57 Å². The van der Waals surface area contributed by atoms with Crippen molar-refractivity contribution < 1.29 is 4.79 Å². The molecule has 100 valence electrons. The van der Waals surface area contributed by atoms with Gasteiger partial charge >= 0.3 is 0 Å². The van der Waals surface area contributed by atoms with Gasteiger partial charge in [-0.05, 0) is 68.7 Å². The van der Waals surface area contributed by atoms with E-state index < -0.39 is 0 Å². The third-order valence-electron chi connectivity index (χ3n) is 3.07. The highest BCUT2D eigenvalue weighted by atomic mass is 127. The Hall–Kier alpha value is -0.330. The zero-order chi connectivity index (χ0) is 13.9. The van der Waals surface area contributed by atoms with Gasteiger partial charge in [0.2, 0.25) is 0 Å². The summed E-state index contributed by atoms with van der Waals surface area (Å²) in [5, 5.41) is 3.52. The maximum absolute atomic E-state index is 12.1. The molecule has 0 aliphatic carbocycles. The lowest BCUT2D eigenvalue weighted by molar-refractivity contribution is 0.0919. The van der Waals surface area contributed by atoms with Crippen molar-refractivity contribution in [1.29, 1.82) is 0 Å². The molecule has 0 aromatic heterocycles. The van der Waals surface area contributed by atoms with Crippen LogP contribution in [0, 0.1) is 3.57 Å². The first-order chi connectivity index (χ1) is 8.24. The van der Waals surface area contributed by atoms with Gasteiger partial charge in [0.15, 0.2) is 0 Å². The van der Waals surface area contributed by atoms with Gasteiger partial charge in [-0.1, -0.05) is 11.6 Å². The molecular weight excluding hydrogens is 363 g/mol. The number of hydrogen-bond donors (Lipinski definition) is 1. The maximum Gasteiger partial charge on any atom is 0.252 e. The Balaban J connectivity index is 2.75. The molecule has 0 fully saturated rings. The number of hydrogen-bond acceptors (Lipinski definition) is 2. The quantitative estimate of drug-likeness (QED) is 0.815. The monoisotopic (exact) mass is 380 g/mol. The Morgan fingerprint density at radius 3 is 2.61 bits per heavy atom. The first-order valence-electron chi connectivity index (χ1n) is 5.65. The van der Waals surface area contributed by atoms with Gasteiger partial charge in [-0.25, -0.2) is 0 Å². The number of amides is 1. The number of nitrogens with zero attached hydrogens (tertiary/aromatic N) is 1. The van der Waals surface area contributed by atoms with Gasteiger partial charge in [-0.2, -0.15) is 0 Å². The molecule has 1 rings (SSSR count). The standard InChI is InChI=1S/C13H18ClIN2O/c1-13(2,17(3)4)8-16-12(18)10-7-9(14)5-6-11(10)15/h5-7H,8H2,1-4H3,(H,16,18). The summed E-state index contributed by atoms with van der Waals surface area (Å²) in [6, 6.07) is 5.32. The molecular formula is C13H18ClIN2O. The van der Waals surface area contributed by atoms with Crippen molar-refractivity contribution in [2.45, 2.75) is 19.4 Å². The van der Waals surface area contributed by atoms with E-state index in [1.165, 1.54) is 0 Å². The zero-order valence-electron chi connectivity index (χ0n) is 11.1. The highest BCUT2D eigenvalue weighted by Gasteiger charge is 2.22. The molecule has 0 spiro atoms. The minimum absolute atomic E-state index is 0.0837. The molecule has 0 saturated heterocycles. The molecule has 3 nitrogen and oxygen atoms in total. The summed E-state index contributed by atoms with van der Waals surface area (Å²) < 4.78 is 0.900. The summed E-state index contributed by atoms with van der Waals surface area (Å²) in [4.78, 5) is 14.2. The summed E-state index contributed by atoms with van der Waals surface area (Å²) in [5.74, 6) is -0.0863. The lowest BCUT2D eigenvalue weighted by atomic mass is 10.0. The topological polar surface area (TPSA) is 32.3 Å². The predicted octanol–water partition coefficient (Wildman–Crippen LogP) is 3.01. The Labute approximate surface area is 127 Å². The lowest BCUT2D eigenvalue weighted by Crippen LogP contribution is -2.48. The molecule has 0 heterocycles. The summed E-state index contributed by atoms with van der Waals surface area (Å²) in [6.07, 6.45) is 0. The van der Waals surface area contributed by atoms with E-state index >= 15 is 0 Å². The van der Waals surface area contributed by atoms with E-state index in [-0.39, 0.29) is 11.4 Å². The Morgan fingerprint density at radius 2 is 2.06 bits per heavy atom. The molecule has 5 heteroatoms. The lowest BCUT2D eigenvalue weighted by Gasteiger charge is -2.32. The number of benzene rings is 1. The van der Waals surface area contributed by atoms with Gasteiger partial charge < -0.3 is 10.2 Å². The molecule has 1 amide bonds. The summed E-state index contributed by atoms with van der Waals surface area (Å²) in [6.45, 7) is 4.74. The van der Waals surface area contributed by atoms with Crippen LogP contribution < -0.4 is 5.32 Å². The fraction of sp³-hybridized carbons (Fsp3) is 0.462. The van der Waals surface area contributed by atoms with Crippen LogP contribution in [0.4, 0.5) is 0 Å². The van der Waals surface area contributed by atoms with Gasteiger partial charge in [0.25, 0.3) is 5.91 Å². The molecule has 18 heavy (non-hydrogen) atoms. The summed E-state index contributed by atoms with van der Waals surface area (Å²) in [7, 11) is 3.99. The van der Waals surface area contributed by atoms with Crippen LogP contribution in [0.2, 0.25) is 5.02 Å². The minimum atomic E-state index is -0.0863. The summed E-state index contributed by atoms with van der Waals surface area (Å²) >= 11 is 8.05. The second kappa shape index (κ2) is 6.21. The van der Waals surface area contributed by atoms with Crippen LogP contribution in [-0.4, -0.2) is 37.0 Å². The van der Waals surface area contributed by atoms with E-state index in [1.54, 1.807) is 12.1 Å². The number of nitrogens with one attached hydrogen (secondary N) is 1. The van der Waals surface area contributed by atoms with E-state index in [2.05, 4.69) is 46.7 Å². The molecule has 1 N–H and O–H groups in total. The second-order valence-corrected chi connectivity index (χ2v) is 6.61. The van der Waals surface area contributed by atoms with E-state index in [9.17, 15) is 4.79 Å². The van der Waals surface area contributed by atoms with Crippen molar-refractivity contribution in [3.63, 3.8) is 0 Å². The molecule has 0 aliphatic heterocycles. The average molecular weight is 381 g/mol. The maximum atomic E-state index is 12.1. The normalized spacial score (nSPS) is 11.7.